The monoisotopic (exact) mass is 353 g/mol. The molecule has 1 aromatic heterocycles. The maximum absolute atomic E-state index is 12.5. The number of nitrogens with zero attached hydrogens (tertiary/aromatic N) is 3. The second-order valence-corrected chi connectivity index (χ2v) is 7.08. The van der Waals surface area contributed by atoms with Crippen molar-refractivity contribution in [1.29, 1.82) is 0 Å². The van der Waals surface area contributed by atoms with Gasteiger partial charge in [0.2, 0.25) is 5.91 Å². The van der Waals surface area contributed by atoms with Gasteiger partial charge in [-0.3, -0.25) is 9.48 Å². The number of ether oxygens (including phenoxy) is 1. The number of piperidine rings is 1. The van der Waals surface area contributed by atoms with Crippen molar-refractivity contribution >= 4 is 12.0 Å². The fraction of sp³-hybridized carbons (Fsp3) is 0.429. The van der Waals surface area contributed by atoms with E-state index < -0.39 is 0 Å². The molecule has 2 heterocycles. The van der Waals surface area contributed by atoms with Gasteiger partial charge in [-0.15, -0.1) is 0 Å². The van der Waals surface area contributed by atoms with E-state index in [-0.39, 0.29) is 12.0 Å². The largest absolute Gasteiger partial charge is 0.379 e. The fourth-order valence-electron chi connectivity index (χ4n) is 3.61. The molecule has 0 spiro atoms. The number of benzene rings is 1. The predicted octanol–water partition coefficient (Wildman–Crippen LogP) is 2.85. The van der Waals surface area contributed by atoms with Crippen molar-refractivity contribution in [1.82, 2.24) is 14.7 Å². The van der Waals surface area contributed by atoms with E-state index in [0.717, 1.165) is 24.9 Å². The summed E-state index contributed by atoms with van der Waals surface area (Å²) in [5, 5.41) is 4.11. The van der Waals surface area contributed by atoms with Crippen LogP contribution in [0.25, 0.3) is 6.08 Å². The highest BCUT2D eigenvalue weighted by Crippen LogP contribution is 2.25. The molecule has 5 nitrogen and oxygen atoms in total. The maximum atomic E-state index is 12.5. The van der Waals surface area contributed by atoms with Gasteiger partial charge in [0.25, 0.3) is 0 Å². The summed E-state index contributed by atoms with van der Waals surface area (Å²) in [4.78, 5) is 14.4. The SMILES string of the molecule is CO[C@@H]1CN(C(=O)/C=C/c2cnn(C)c2)CC[C@@H]1Cc1cccc(C)c1. The first-order valence-corrected chi connectivity index (χ1v) is 9.09. The summed E-state index contributed by atoms with van der Waals surface area (Å²) in [6.45, 7) is 3.53. The second-order valence-electron chi connectivity index (χ2n) is 7.08. The van der Waals surface area contributed by atoms with Gasteiger partial charge in [0.15, 0.2) is 0 Å². The molecule has 1 saturated heterocycles. The smallest absolute Gasteiger partial charge is 0.246 e. The number of likely N-dealkylation sites (tertiary alicyclic amines) is 1. The van der Waals surface area contributed by atoms with Crippen molar-refractivity contribution in [2.75, 3.05) is 20.2 Å². The molecule has 1 aromatic carbocycles. The molecular formula is C21H27N3O2. The van der Waals surface area contributed by atoms with Crippen LogP contribution < -0.4 is 0 Å². The van der Waals surface area contributed by atoms with Crippen LogP contribution in [0.3, 0.4) is 0 Å². The van der Waals surface area contributed by atoms with Crippen molar-refractivity contribution in [2.24, 2.45) is 13.0 Å². The zero-order valence-corrected chi connectivity index (χ0v) is 15.8. The lowest BCUT2D eigenvalue weighted by Gasteiger charge is -2.37. The first kappa shape index (κ1) is 18.4. The van der Waals surface area contributed by atoms with E-state index in [1.165, 1.54) is 11.1 Å². The van der Waals surface area contributed by atoms with Gasteiger partial charge in [0, 0.05) is 45.1 Å². The molecule has 0 radical (unpaired) electrons. The highest BCUT2D eigenvalue weighted by atomic mass is 16.5. The molecule has 0 aliphatic carbocycles. The minimum Gasteiger partial charge on any atom is -0.379 e. The maximum Gasteiger partial charge on any atom is 0.246 e. The van der Waals surface area contributed by atoms with Crippen LogP contribution >= 0.6 is 0 Å². The van der Waals surface area contributed by atoms with E-state index in [4.69, 9.17) is 4.74 Å². The lowest BCUT2D eigenvalue weighted by molar-refractivity contribution is -0.131. The Morgan fingerprint density at radius 2 is 2.27 bits per heavy atom. The second kappa shape index (κ2) is 8.32. The summed E-state index contributed by atoms with van der Waals surface area (Å²) in [6.07, 6.45) is 9.10. The minimum atomic E-state index is 0.0323. The first-order valence-electron chi connectivity index (χ1n) is 9.09. The van der Waals surface area contributed by atoms with Crippen LogP contribution in [-0.2, 0) is 23.0 Å². The Bertz CT molecular complexity index is 781. The summed E-state index contributed by atoms with van der Waals surface area (Å²) in [6, 6.07) is 8.64. The third-order valence-electron chi connectivity index (χ3n) is 5.03. The molecule has 1 aliphatic rings. The van der Waals surface area contributed by atoms with Gasteiger partial charge in [-0.2, -0.15) is 5.10 Å². The summed E-state index contributed by atoms with van der Waals surface area (Å²) < 4.78 is 7.45. The molecule has 0 unspecified atom stereocenters. The molecule has 1 amide bonds. The molecule has 26 heavy (non-hydrogen) atoms. The molecular weight excluding hydrogens is 326 g/mol. The zero-order valence-electron chi connectivity index (χ0n) is 15.8. The number of aromatic nitrogens is 2. The first-order chi connectivity index (χ1) is 12.5. The van der Waals surface area contributed by atoms with Gasteiger partial charge in [0.1, 0.15) is 0 Å². The van der Waals surface area contributed by atoms with E-state index in [9.17, 15) is 4.79 Å². The summed E-state index contributed by atoms with van der Waals surface area (Å²) in [5.41, 5.74) is 3.55. The Balaban J connectivity index is 1.60. The lowest BCUT2D eigenvalue weighted by atomic mass is 9.87. The number of methoxy groups -OCH3 is 1. The predicted molar refractivity (Wildman–Crippen MR) is 103 cm³/mol. The van der Waals surface area contributed by atoms with Crippen molar-refractivity contribution in [3.8, 4) is 0 Å². The number of hydrogen-bond acceptors (Lipinski definition) is 3. The molecule has 1 aliphatic heterocycles. The molecule has 2 aromatic rings. The summed E-state index contributed by atoms with van der Waals surface area (Å²) in [7, 11) is 3.61. The van der Waals surface area contributed by atoms with E-state index in [0.29, 0.717) is 12.5 Å². The Kier molecular flexibility index (Phi) is 5.89. The molecule has 0 N–H and O–H groups in total. The third-order valence-corrected chi connectivity index (χ3v) is 5.03. The number of amides is 1. The van der Waals surface area contributed by atoms with Gasteiger partial charge >= 0.3 is 0 Å². The third kappa shape index (κ3) is 4.61. The van der Waals surface area contributed by atoms with Gasteiger partial charge < -0.3 is 9.64 Å². The van der Waals surface area contributed by atoms with E-state index in [1.54, 1.807) is 24.1 Å². The number of carbonyl (C=O) groups is 1. The number of rotatable bonds is 5. The molecule has 138 valence electrons. The highest BCUT2D eigenvalue weighted by Gasteiger charge is 2.30. The molecule has 1 fully saturated rings. The zero-order chi connectivity index (χ0) is 18.5. The van der Waals surface area contributed by atoms with Crippen molar-refractivity contribution in [3.05, 3.63) is 59.4 Å². The van der Waals surface area contributed by atoms with Crippen LogP contribution in [0, 0.1) is 12.8 Å². The van der Waals surface area contributed by atoms with Crippen molar-refractivity contribution < 1.29 is 9.53 Å². The van der Waals surface area contributed by atoms with E-state index in [2.05, 4.69) is 36.3 Å². The highest BCUT2D eigenvalue weighted by molar-refractivity contribution is 5.91. The van der Waals surface area contributed by atoms with Crippen molar-refractivity contribution in [2.45, 2.75) is 25.9 Å². The van der Waals surface area contributed by atoms with Crippen LogP contribution in [0.2, 0.25) is 0 Å². The average Bonchev–Trinajstić information content (AvgIpc) is 3.05. The van der Waals surface area contributed by atoms with E-state index >= 15 is 0 Å². The van der Waals surface area contributed by atoms with Crippen LogP contribution in [0.5, 0.6) is 0 Å². The van der Waals surface area contributed by atoms with Gasteiger partial charge in [-0.25, -0.2) is 0 Å². The van der Waals surface area contributed by atoms with E-state index in [1.807, 2.05) is 24.2 Å². The van der Waals surface area contributed by atoms with Gasteiger partial charge in [0.05, 0.1) is 12.3 Å². The lowest BCUT2D eigenvalue weighted by Crippen LogP contribution is -2.47. The van der Waals surface area contributed by atoms with Crippen LogP contribution in [-0.4, -0.2) is 46.9 Å². The topological polar surface area (TPSA) is 47.4 Å². The molecule has 2 atom stereocenters. The number of aryl methyl sites for hydroxylation is 2. The Morgan fingerprint density at radius 3 is 2.96 bits per heavy atom. The molecule has 3 rings (SSSR count). The molecule has 5 heteroatoms. The fourth-order valence-corrected chi connectivity index (χ4v) is 3.61. The van der Waals surface area contributed by atoms with Crippen LogP contribution in [0.15, 0.2) is 42.7 Å². The number of hydrogen-bond donors (Lipinski definition) is 0. The van der Waals surface area contributed by atoms with Gasteiger partial charge in [-0.1, -0.05) is 29.8 Å². The van der Waals surface area contributed by atoms with Crippen molar-refractivity contribution in [3.63, 3.8) is 0 Å². The Labute approximate surface area is 155 Å². The average molecular weight is 353 g/mol. The normalized spacial score (nSPS) is 20.7. The Hall–Kier alpha value is -2.40. The Morgan fingerprint density at radius 1 is 1.42 bits per heavy atom. The quantitative estimate of drug-likeness (QED) is 0.777. The number of carbonyl (C=O) groups excluding carboxylic acids is 1. The minimum absolute atomic E-state index is 0.0323. The van der Waals surface area contributed by atoms with Crippen LogP contribution in [0.1, 0.15) is 23.1 Å². The summed E-state index contributed by atoms with van der Waals surface area (Å²) in [5.74, 6) is 0.470. The standard InChI is InChI=1S/C21H27N3O2/c1-16-5-4-6-17(11-16)12-19-9-10-24(15-20(19)26-3)21(25)8-7-18-13-22-23(2)14-18/h4-8,11,13-14,19-20H,9-10,12,15H2,1-3H3/b8-7+/t19-,20-/m1/s1. The molecule has 0 bridgehead atoms. The van der Waals surface area contributed by atoms with Crippen LogP contribution in [0.4, 0.5) is 0 Å². The molecule has 0 saturated carbocycles. The summed E-state index contributed by atoms with van der Waals surface area (Å²) >= 11 is 0. The van der Waals surface area contributed by atoms with Gasteiger partial charge in [-0.05, 0) is 37.3 Å².